The summed E-state index contributed by atoms with van der Waals surface area (Å²) in [6.45, 7) is 0.243. The lowest BCUT2D eigenvalue weighted by Crippen LogP contribution is -2.37. The van der Waals surface area contributed by atoms with Crippen LogP contribution in [0.3, 0.4) is 0 Å². The third kappa shape index (κ3) is 4.38. The highest BCUT2D eigenvalue weighted by atomic mass is 16.5. The Morgan fingerprint density at radius 3 is 2.10 bits per heavy atom. The Morgan fingerprint density at radius 1 is 0.828 bits per heavy atom. The molecular formula is C25H21N2O2+. The van der Waals surface area contributed by atoms with Gasteiger partial charge in [-0.05, 0) is 52.5 Å². The van der Waals surface area contributed by atoms with E-state index in [1.165, 1.54) is 11.1 Å². The molecule has 4 nitrogen and oxygen atoms in total. The molecule has 0 amide bonds. The maximum absolute atomic E-state index is 12.5. The summed E-state index contributed by atoms with van der Waals surface area (Å²) in [4.78, 5) is 17.0. The third-order valence-electron chi connectivity index (χ3n) is 4.79. The zero-order valence-corrected chi connectivity index (χ0v) is 16.2. The first-order valence-corrected chi connectivity index (χ1v) is 9.41. The summed E-state index contributed by atoms with van der Waals surface area (Å²) in [6.07, 6.45) is 3.58. The van der Waals surface area contributed by atoms with Crippen molar-refractivity contribution in [2.24, 2.45) is 0 Å². The molecule has 0 N–H and O–H groups in total. The van der Waals surface area contributed by atoms with Gasteiger partial charge in [0.2, 0.25) is 5.78 Å². The standard InChI is InChI=1S/C25H21N2O2/c1-29-23-13-11-22(12-14-23)25(28)17-27-16-15-24(26-18-27)21-9-7-20(8-10-21)19-5-3-2-4-6-19/h2-16,18H,17H2,1H3/q+1. The van der Waals surface area contributed by atoms with Crippen molar-refractivity contribution in [2.45, 2.75) is 6.54 Å². The molecule has 3 aromatic carbocycles. The molecule has 0 aliphatic heterocycles. The van der Waals surface area contributed by atoms with Crippen molar-refractivity contribution in [3.63, 3.8) is 0 Å². The van der Waals surface area contributed by atoms with Crippen LogP contribution < -0.4 is 9.30 Å². The first-order chi connectivity index (χ1) is 14.2. The van der Waals surface area contributed by atoms with Crippen molar-refractivity contribution in [1.29, 1.82) is 0 Å². The predicted octanol–water partition coefficient (Wildman–Crippen LogP) is 4.59. The van der Waals surface area contributed by atoms with Gasteiger partial charge in [-0.1, -0.05) is 42.5 Å². The van der Waals surface area contributed by atoms with Crippen LogP contribution in [0.5, 0.6) is 5.75 Å². The number of ether oxygens (including phenoxy) is 1. The van der Waals surface area contributed by atoms with Crippen molar-refractivity contribution in [3.8, 4) is 28.1 Å². The van der Waals surface area contributed by atoms with Gasteiger partial charge in [-0.25, -0.2) is 4.57 Å². The lowest BCUT2D eigenvalue weighted by atomic mass is 10.0. The topological polar surface area (TPSA) is 43.1 Å². The van der Waals surface area contributed by atoms with Crippen LogP contribution in [-0.4, -0.2) is 17.9 Å². The Bertz CT molecular complexity index is 1090. The molecule has 1 aromatic heterocycles. The molecule has 4 aromatic rings. The molecule has 0 fully saturated rings. The summed E-state index contributed by atoms with van der Waals surface area (Å²) in [6, 6.07) is 27.7. The third-order valence-corrected chi connectivity index (χ3v) is 4.79. The molecule has 0 saturated heterocycles. The van der Waals surface area contributed by atoms with Crippen molar-refractivity contribution < 1.29 is 14.1 Å². The monoisotopic (exact) mass is 381 g/mol. The highest BCUT2D eigenvalue weighted by Crippen LogP contribution is 2.23. The number of aromatic nitrogens is 2. The summed E-state index contributed by atoms with van der Waals surface area (Å²) < 4.78 is 6.91. The number of benzene rings is 3. The van der Waals surface area contributed by atoms with Crippen LogP contribution in [0, 0.1) is 0 Å². The van der Waals surface area contributed by atoms with E-state index in [0.29, 0.717) is 5.56 Å². The zero-order valence-electron chi connectivity index (χ0n) is 16.2. The lowest BCUT2D eigenvalue weighted by molar-refractivity contribution is -0.686. The summed E-state index contributed by atoms with van der Waals surface area (Å²) >= 11 is 0. The molecule has 0 unspecified atom stereocenters. The smallest absolute Gasteiger partial charge is 0.287 e. The van der Waals surface area contributed by atoms with Gasteiger partial charge in [-0.2, -0.15) is 0 Å². The minimum absolute atomic E-state index is 0.0272. The van der Waals surface area contributed by atoms with Gasteiger partial charge in [0.15, 0.2) is 12.2 Å². The number of Topliss-reactive ketones (excluding diaryl/α,β-unsaturated/α-hetero) is 1. The quantitative estimate of drug-likeness (QED) is 0.362. The molecular weight excluding hydrogens is 360 g/mol. The largest absolute Gasteiger partial charge is 0.497 e. The van der Waals surface area contributed by atoms with Crippen LogP contribution in [-0.2, 0) is 6.54 Å². The molecule has 4 rings (SSSR count). The first kappa shape index (κ1) is 18.6. The molecule has 29 heavy (non-hydrogen) atoms. The number of carbonyl (C=O) groups excluding carboxylic acids is 1. The van der Waals surface area contributed by atoms with Crippen LogP contribution >= 0.6 is 0 Å². The van der Waals surface area contributed by atoms with Crippen molar-refractivity contribution >= 4 is 5.78 Å². The first-order valence-electron chi connectivity index (χ1n) is 9.41. The van der Waals surface area contributed by atoms with Crippen molar-refractivity contribution in [2.75, 3.05) is 7.11 Å². The molecule has 0 aliphatic rings. The van der Waals surface area contributed by atoms with Gasteiger partial charge in [0.25, 0.3) is 6.33 Å². The van der Waals surface area contributed by atoms with E-state index in [2.05, 4.69) is 41.4 Å². The van der Waals surface area contributed by atoms with Crippen LogP contribution in [0.2, 0.25) is 0 Å². The average Bonchev–Trinajstić information content (AvgIpc) is 2.80. The van der Waals surface area contributed by atoms with E-state index in [1.54, 1.807) is 42.3 Å². The van der Waals surface area contributed by atoms with E-state index in [1.807, 2.05) is 30.5 Å². The number of hydrogen-bond donors (Lipinski definition) is 0. The van der Waals surface area contributed by atoms with Crippen LogP contribution in [0.4, 0.5) is 0 Å². The normalized spacial score (nSPS) is 10.5. The second-order valence-electron chi connectivity index (χ2n) is 6.71. The summed E-state index contributed by atoms with van der Waals surface area (Å²) in [5.74, 6) is 0.762. The molecule has 142 valence electrons. The maximum atomic E-state index is 12.5. The molecule has 1 heterocycles. The highest BCUT2D eigenvalue weighted by molar-refractivity contribution is 5.95. The van der Waals surface area contributed by atoms with Crippen molar-refractivity contribution in [1.82, 2.24) is 4.98 Å². The summed E-state index contributed by atoms with van der Waals surface area (Å²) in [7, 11) is 1.61. The number of methoxy groups -OCH3 is 1. The molecule has 4 heteroatoms. The number of rotatable bonds is 6. The highest BCUT2D eigenvalue weighted by Gasteiger charge is 2.12. The van der Waals surface area contributed by atoms with E-state index in [0.717, 1.165) is 17.0 Å². The molecule has 0 aliphatic carbocycles. The Balaban J connectivity index is 1.45. The van der Waals surface area contributed by atoms with Crippen LogP contribution in [0.15, 0.2) is 97.5 Å². The lowest BCUT2D eigenvalue weighted by Gasteiger charge is -2.04. The van der Waals surface area contributed by atoms with E-state index in [-0.39, 0.29) is 12.3 Å². The second-order valence-corrected chi connectivity index (χ2v) is 6.71. The van der Waals surface area contributed by atoms with Gasteiger partial charge in [-0.3, -0.25) is 4.79 Å². The van der Waals surface area contributed by atoms with Gasteiger partial charge < -0.3 is 4.74 Å². The van der Waals surface area contributed by atoms with Crippen molar-refractivity contribution in [3.05, 3.63) is 103 Å². The van der Waals surface area contributed by atoms with E-state index >= 15 is 0 Å². The van der Waals surface area contributed by atoms with Gasteiger partial charge in [0, 0.05) is 17.2 Å². The van der Waals surface area contributed by atoms with E-state index in [9.17, 15) is 4.79 Å². The van der Waals surface area contributed by atoms with Crippen LogP contribution in [0.25, 0.3) is 22.4 Å². The van der Waals surface area contributed by atoms with Gasteiger partial charge in [0.05, 0.1) is 13.3 Å². The minimum atomic E-state index is 0.0272. The fraction of sp³-hybridized carbons (Fsp3) is 0.0800. The predicted molar refractivity (Wildman–Crippen MR) is 113 cm³/mol. The molecule has 0 bridgehead atoms. The number of carbonyl (C=O) groups is 1. The molecule has 0 atom stereocenters. The fourth-order valence-corrected chi connectivity index (χ4v) is 3.15. The minimum Gasteiger partial charge on any atom is -0.497 e. The molecule has 0 spiro atoms. The number of hydrogen-bond acceptors (Lipinski definition) is 3. The summed E-state index contributed by atoms with van der Waals surface area (Å²) in [5, 5.41) is 0. The van der Waals surface area contributed by atoms with Crippen LogP contribution in [0.1, 0.15) is 10.4 Å². The van der Waals surface area contributed by atoms with Gasteiger partial charge in [-0.15, -0.1) is 0 Å². The Kier molecular flexibility index (Phi) is 5.43. The van der Waals surface area contributed by atoms with Gasteiger partial charge in [0.1, 0.15) is 5.75 Å². The molecule has 0 saturated carbocycles. The second kappa shape index (κ2) is 8.48. The Labute approximate surface area is 170 Å². The fourth-order valence-electron chi connectivity index (χ4n) is 3.15. The van der Waals surface area contributed by atoms with Gasteiger partial charge >= 0.3 is 0 Å². The molecule has 0 radical (unpaired) electrons. The number of nitrogens with zero attached hydrogens (tertiary/aromatic N) is 2. The SMILES string of the molecule is COc1ccc(C(=O)C[n+]2ccc(-c3ccc(-c4ccccc4)cc3)nc2)cc1. The van der Waals surface area contributed by atoms with E-state index < -0.39 is 0 Å². The average molecular weight is 381 g/mol. The maximum Gasteiger partial charge on any atom is 0.287 e. The van der Waals surface area contributed by atoms with E-state index in [4.69, 9.17) is 4.74 Å². The Hall–Kier alpha value is -3.79. The number of ketones is 1. The Morgan fingerprint density at radius 2 is 1.48 bits per heavy atom. The summed E-state index contributed by atoms with van der Waals surface area (Å²) in [5.41, 5.74) is 4.93. The zero-order chi connectivity index (χ0) is 20.1.